The highest BCUT2D eigenvalue weighted by Gasteiger charge is 2.27. The van der Waals surface area contributed by atoms with E-state index in [1.54, 1.807) is 31.3 Å². The van der Waals surface area contributed by atoms with Gasteiger partial charge in [0.1, 0.15) is 0 Å². The molecule has 4 nitrogen and oxygen atoms in total. The van der Waals surface area contributed by atoms with Gasteiger partial charge in [0.2, 0.25) is 0 Å². The Morgan fingerprint density at radius 3 is 2.23 bits per heavy atom. The summed E-state index contributed by atoms with van der Waals surface area (Å²) in [6, 6.07) is 12.3. The summed E-state index contributed by atoms with van der Waals surface area (Å²) in [7, 11) is 1.55. The Morgan fingerprint density at radius 2 is 1.65 bits per heavy atom. The third-order valence-corrected chi connectivity index (χ3v) is 3.89. The molecule has 0 bridgehead atoms. The first-order valence-corrected chi connectivity index (χ1v) is 7.90. The Labute approximate surface area is 148 Å². The van der Waals surface area contributed by atoms with Crippen molar-refractivity contribution in [1.29, 1.82) is 0 Å². The number of carboxylic acids is 1. The molecule has 0 spiro atoms. The number of benzene rings is 2. The molecule has 0 aliphatic rings. The van der Waals surface area contributed by atoms with Crippen LogP contribution in [0.5, 0.6) is 0 Å². The van der Waals surface area contributed by atoms with Gasteiger partial charge in [-0.15, -0.1) is 0 Å². The fraction of sp³-hybridized carbons (Fsp3) is 0.263. The highest BCUT2D eigenvalue weighted by molar-refractivity contribution is 5.95. The van der Waals surface area contributed by atoms with E-state index in [9.17, 15) is 22.8 Å². The number of nitrogens with zero attached hydrogens (tertiary/aromatic N) is 1. The molecule has 1 N–H and O–H groups in total. The molecule has 2 aromatic rings. The van der Waals surface area contributed by atoms with Crippen LogP contribution in [-0.4, -0.2) is 35.1 Å². The number of alkyl halides is 3. The zero-order valence-corrected chi connectivity index (χ0v) is 14.1. The van der Waals surface area contributed by atoms with Gasteiger partial charge in [0.25, 0.3) is 5.91 Å². The third-order valence-electron chi connectivity index (χ3n) is 3.89. The number of hydrogen-bond donors (Lipinski definition) is 1. The average Bonchev–Trinajstić information content (AvgIpc) is 2.59. The number of aryl methyl sites for hydroxylation is 1. The molecule has 0 atom stereocenters. The molecule has 2 rings (SSSR count). The maximum absolute atomic E-state index is 12.6. The molecular formula is C19H18F3NO3. The van der Waals surface area contributed by atoms with Crippen LogP contribution in [0.25, 0.3) is 0 Å². The van der Waals surface area contributed by atoms with Crippen LogP contribution in [0.2, 0.25) is 0 Å². The molecule has 0 radical (unpaired) electrons. The first-order chi connectivity index (χ1) is 12.2. The molecule has 0 heterocycles. The summed E-state index contributed by atoms with van der Waals surface area (Å²) in [6.07, 6.45) is -5.53. The molecule has 2 aromatic carbocycles. The normalized spacial score (nSPS) is 11.2. The van der Waals surface area contributed by atoms with Crippen molar-refractivity contribution in [2.24, 2.45) is 0 Å². The van der Waals surface area contributed by atoms with Crippen molar-refractivity contribution in [2.45, 2.75) is 25.6 Å². The van der Waals surface area contributed by atoms with Crippen molar-refractivity contribution in [3.63, 3.8) is 0 Å². The first kappa shape index (κ1) is 19.5. The summed E-state index contributed by atoms with van der Waals surface area (Å²) in [6.45, 7) is 0.215. The number of halogens is 3. The smallest absolute Gasteiger partial charge is 0.389 e. The number of carbonyl (C=O) groups excluding carboxylic acids is 1. The third kappa shape index (κ3) is 5.34. The average molecular weight is 365 g/mol. The lowest BCUT2D eigenvalue weighted by Gasteiger charge is -2.19. The molecule has 0 saturated heterocycles. The fourth-order valence-corrected chi connectivity index (χ4v) is 2.53. The zero-order chi connectivity index (χ0) is 19.3. The van der Waals surface area contributed by atoms with Crippen LogP contribution >= 0.6 is 0 Å². The Kier molecular flexibility index (Phi) is 6.02. The van der Waals surface area contributed by atoms with Crippen LogP contribution in [-0.2, 0) is 13.0 Å². The van der Waals surface area contributed by atoms with E-state index in [2.05, 4.69) is 0 Å². The molecule has 1 amide bonds. The monoisotopic (exact) mass is 365 g/mol. The first-order valence-electron chi connectivity index (χ1n) is 7.90. The standard InChI is InChI=1S/C19H18F3NO3/c1-23(12-13-6-8-15(9-7-13)18(25)26)17(24)16-5-3-2-4-14(16)10-11-19(20,21)22/h2-9H,10-12H2,1H3,(H,25,26). The maximum atomic E-state index is 12.6. The second-order valence-electron chi connectivity index (χ2n) is 5.94. The minimum absolute atomic E-state index is 0.139. The van der Waals surface area contributed by atoms with Crippen LogP contribution in [0.3, 0.4) is 0 Å². The van der Waals surface area contributed by atoms with Crippen molar-refractivity contribution in [3.05, 3.63) is 70.8 Å². The Bertz CT molecular complexity index is 785. The summed E-state index contributed by atoms with van der Waals surface area (Å²) in [4.78, 5) is 24.9. The molecule has 138 valence electrons. The minimum Gasteiger partial charge on any atom is -0.478 e. The van der Waals surface area contributed by atoms with Crippen molar-refractivity contribution >= 4 is 11.9 Å². The van der Waals surface area contributed by atoms with Crippen LogP contribution in [0.15, 0.2) is 48.5 Å². The van der Waals surface area contributed by atoms with Gasteiger partial charge in [-0.25, -0.2) is 4.79 Å². The molecule has 0 aliphatic carbocycles. The SMILES string of the molecule is CN(Cc1ccc(C(=O)O)cc1)C(=O)c1ccccc1CCC(F)(F)F. The van der Waals surface area contributed by atoms with Crippen molar-refractivity contribution in [2.75, 3.05) is 7.05 Å². The second kappa shape index (κ2) is 8.03. The number of aromatic carboxylic acids is 1. The van der Waals surface area contributed by atoms with Crippen LogP contribution in [0.1, 0.15) is 38.3 Å². The number of carbonyl (C=O) groups is 2. The second-order valence-corrected chi connectivity index (χ2v) is 5.94. The zero-order valence-electron chi connectivity index (χ0n) is 14.1. The Balaban J connectivity index is 2.11. The van der Waals surface area contributed by atoms with Gasteiger partial charge >= 0.3 is 12.1 Å². The highest BCUT2D eigenvalue weighted by atomic mass is 19.4. The van der Waals surface area contributed by atoms with Gasteiger partial charge in [-0.1, -0.05) is 30.3 Å². The molecule has 0 aliphatic heterocycles. The summed E-state index contributed by atoms with van der Waals surface area (Å²) in [5.74, 6) is -1.43. The van der Waals surface area contributed by atoms with E-state index in [0.29, 0.717) is 5.56 Å². The quantitative estimate of drug-likeness (QED) is 0.837. The summed E-state index contributed by atoms with van der Waals surface area (Å²) < 4.78 is 37.4. The Morgan fingerprint density at radius 1 is 1.04 bits per heavy atom. The van der Waals surface area contributed by atoms with E-state index < -0.39 is 18.6 Å². The topological polar surface area (TPSA) is 57.6 Å². The van der Waals surface area contributed by atoms with Gasteiger partial charge in [0.15, 0.2) is 0 Å². The Hall–Kier alpha value is -2.83. The number of carboxylic acid groups (broad SMARTS) is 1. The van der Waals surface area contributed by atoms with E-state index in [0.717, 1.165) is 5.56 Å². The van der Waals surface area contributed by atoms with Gasteiger partial charge in [-0.2, -0.15) is 13.2 Å². The van der Waals surface area contributed by atoms with Gasteiger partial charge in [-0.05, 0) is 35.7 Å². The number of hydrogen-bond acceptors (Lipinski definition) is 2. The van der Waals surface area contributed by atoms with Gasteiger partial charge < -0.3 is 10.0 Å². The molecule has 0 unspecified atom stereocenters. The van der Waals surface area contributed by atoms with Crippen molar-refractivity contribution < 1.29 is 27.9 Å². The lowest BCUT2D eigenvalue weighted by molar-refractivity contribution is -0.134. The van der Waals surface area contributed by atoms with Gasteiger partial charge in [-0.3, -0.25) is 4.79 Å². The summed E-state index contributed by atoms with van der Waals surface area (Å²) in [5.41, 5.74) is 1.45. The van der Waals surface area contributed by atoms with Crippen LogP contribution in [0, 0.1) is 0 Å². The molecule has 26 heavy (non-hydrogen) atoms. The van der Waals surface area contributed by atoms with E-state index in [-0.39, 0.29) is 30.0 Å². The largest absolute Gasteiger partial charge is 0.478 e. The maximum Gasteiger partial charge on any atom is 0.389 e. The predicted octanol–water partition coefficient (Wildman–Crippen LogP) is 4.15. The van der Waals surface area contributed by atoms with Crippen molar-refractivity contribution in [1.82, 2.24) is 4.90 Å². The highest BCUT2D eigenvalue weighted by Crippen LogP contribution is 2.24. The van der Waals surface area contributed by atoms with Crippen molar-refractivity contribution in [3.8, 4) is 0 Å². The van der Waals surface area contributed by atoms with Crippen LogP contribution in [0.4, 0.5) is 13.2 Å². The summed E-state index contributed by atoms with van der Waals surface area (Å²) >= 11 is 0. The lowest BCUT2D eigenvalue weighted by Crippen LogP contribution is -2.27. The van der Waals surface area contributed by atoms with E-state index in [1.807, 2.05) is 0 Å². The molecule has 0 aromatic heterocycles. The van der Waals surface area contributed by atoms with Gasteiger partial charge in [0, 0.05) is 25.6 Å². The van der Waals surface area contributed by atoms with E-state index in [1.165, 1.54) is 29.2 Å². The molecule has 0 saturated carbocycles. The lowest BCUT2D eigenvalue weighted by atomic mass is 10.0. The molecule has 0 fully saturated rings. The minimum atomic E-state index is -4.28. The van der Waals surface area contributed by atoms with Gasteiger partial charge in [0.05, 0.1) is 5.56 Å². The number of rotatable bonds is 6. The van der Waals surface area contributed by atoms with E-state index in [4.69, 9.17) is 5.11 Å². The predicted molar refractivity (Wildman–Crippen MR) is 90.0 cm³/mol. The fourth-order valence-electron chi connectivity index (χ4n) is 2.53. The number of amides is 1. The van der Waals surface area contributed by atoms with E-state index >= 15 is 0 Å². The molecule has 7 heteroatoms. The van der Waals surface area contributed by atoms with Crippen LogP contribution < -0.4 is 0 Å². The molecular weight excluding hydrogens is 347 g/mol. The summed E-state index contributed by atoms with van der Waals surface area (Å²) in [5, 5.41) is 8.89.